The summed E-state index contributed by atoms with van der Waals surface area (Å²) in [4.78, 5) is 12.5. The van der Waals surface area contributed by atoms with Gasteiger partial charge in [-0.3, -0.25) is 4.79 Å². The first kappa shape index (κ1) is 19.5. The lowest BCUT2D eigenvalue weighted by atomic mass is 9.86. The van der Waals surface area contributed by atoms with E-state index in [1.54, 1.807) is 7.11 Å². The molecule has 0 saturated heterocycles. The number of aryl methyl sites for hydroxylation is 1. The molecular formula is C22H31N3O2. The molecule has 2 atom stereocenters. The number of aromatic nitrogens is 2. The van der Waals surface area contributed by atoms with Crippen molar-refractivity contribution in [2.75, 3.05) is 7.11 Å². The maximum atomic E-state index is 12.5. The maximum absolute atomic E-state index is 12.5. The van der Waals surface area contributed by atoms with E-state index in [2.05, 4.69) is 19.2 Å². The minimum absolute atomic E-state index is 0.154. The Bertz CT molecular complexity index is 797. The Morgan fingerprint density at radius 2 is 2.07 bits per heavy atom. The predicted molar refractivity (Wildman–Crippen MR) is 107 cm³/mol. The number of benzene rings is 1. The molecule has 0 bridgehead atoms. The molecule has 5 nitrogen and oxygen atoms in total. The van der Waals surface area contributed by atoms with Crippen LogP contribution in [0.1, 0.15) is 56.0 Å². The summed E-state index contributed by atoms with van der Waals surface area (Å²) >= 11 is 0. The van der Waals surface area contributed by atoms with Crippen molar-refractivity contribution in [3.8, 4) is 11.4 Å². The van der Waals surface area contributed by atoms with Gasteiger partial charge in [-0.25, -0.2) is 4.68 Å². The number of rotatable bonds is 6. The van der Waals surface area contributed by atoms with E-state index in [9.17, 15) is 4.79 Å². The number of amides is 1. The van der Waals surface area contributed by atoms with Gasteiger partial charge < -0.3 is 10.1 Å². The second-order valence-corrected chi connectivity index (χ2v) is 7.70. The molecule has 0 radical (unpaired) electrons. The van der Waals surface area contributed by atoms with Crippen molar-refractivity contribution in [1.82, 2.24) is 15.1 Å². The Balaban J connectivity index is 1.67. The monoisotopic (exact) mass is 369 g/mol. The molecule has 27 heavy (non-hydrogen) atoms. The van der Waals surface area contributed by atoms with E-state index in [0.717, 1.165) is 34.8 Å². The van der Waals surface area contributed by atoms with Crippen LogP contribution in [0.4, 0.5) is 0 Å². The van der Waals surface area contributed by atoms with Gasteiger partial charge >= 0.3 is 0 Å². The molecular weight excluding hydrogens is 338 g/mol. The molecule has 1 amide bonds. The predicted octanol–water partition coefficient (Wildman–Crippen LogP) is 4.13. The zero-order valence-electron chi connectivity index (χ0n) is 16.9. The van der Waals surface area contributed by atoms with Crippen LogP contribution < -0.4 is 10.1 Å². The van der Waals surface area contributed by atoms with Crippen LogP contribution in [0.3, 0.4) is 0 Å². The molecule has 1 saturated carbocycles. The standard InChI is InChI=1S/C22H31N3O2/c1-15-8-5-6-11-21(15)23-22(26)13-12-20-16(2)24-25(17(20)3)18-9-7-10-19(14-18)27-4/h7,9-10,14-15,21H,5-6,8,11-13H2,1-4H3,(H,23,26)/t15-,21+/m0/s1. The van der Waals surface area contributed by atoms with Crippen molar-refractivity contribution in [3.05, 3.63) is 41.2 Å². The molecule has 0 aliphatic heterocycles. The fraction of sp³-hybridized carbons (Fsp3) is 0.545. The lowest BCUT2D eigenvalue weighted by molar-refractivity contribution is -0.122. The van der Waals surface area contributed by atoms with Gasteiger partial charge in [-0.05, 0) is 56.7 Å². The Morgan fingerprint density at radius 3 is 2.81 bits per heavy atom. The van der Waals surface area contributed by atoms with Gasteiger partial charge in [-0.1, -0.05) is 25.8 Å². The number of nitrogens with zero attached hydrogens (tertiary/aromatic N) is 2. The highest BCUT2D eigenvalue weighted by atomic mass is 16.5. The molecule has 3 rings (SSSR count). The summed E-state index contributed by atoms with van der Waals surface area (Å²) in [6.45, 7) is 6.33. The minimum Gasteiger partial charge on any atom is -0.497 e. The average molecular weight is 370 g/mol. The molecule has 1 fully saturated rings. The van der Waals surface area contributed by atoms with Gasteiger partial charge in [0.2, 0.25) is 5.91 Å². The molecule has 1 heterocycles. The quantitative estimate of drug-likeness (QED) is 0.833. The molecule has 1 aliphatic rings. The zero-order valence-corrected chi connectivity index (χ0v) is 16.9. The highest BCUT2D eigenvalue weighted by Gasteiger charge is 2.23. The van der Waals surface area contributed by atoms with Crippen LogP contribution >= 0.6 is 0 Å². The minimum atomic E-state index is 0.154. The lowest BCUT2D eigenvalue weighted by Gasteiger charge is -2.29. The number of methoxy groups -OCH3 is 1. The Hall–Kier alpha value is -2.30. The number of carbonyl (C=O) groups is 1. The average Bonchev–Trinajstić information content (AvgIpc) is 2.96. The van der Waals surface area contributed by atoms with Crippen LogP contribution in [-0.2, 0) is 11.2 Å². The van der Waals surface area contributed by atoms with Gasteiger partial charge in [0.15, 0.2) is 0 Å². The van der Waals surface area contributed by atoms with E-state index >= 15 is 0 Å². The van der Waals surface area contributed by atoms with Crippen molar-refractivity contribution < 1.29 is 9.53 Å². The molecule has 1 N–H and O–H groups in total. The van der Waals surface area contributed by atoms with E-state index < -0.39 is 0 Å². The van der Waals surface area contributed by atoms with E-state index in [1.165, 1.54) is 19.3 Å². The highest BCUT2D eigenvalue weighted by Crippen LogP contribution is 2.25. The third-order valence-electron chi connectivity index (χ3n) is 5.80. The van der Waals surface area contributed by atoms with Gasteiger partial charge in [0, 0.05) is 24.2 Å². The number of ether oxygens (including phenoxy) is 1. The number of carbonyl (C=O) groups excluding carboxylic acids is 1. The van der Waals surface area contributed by atoms with Crippen molar-refractivity contribution >= 4 is 5.91 Å². The second-order valence-electron chi connectivity index (χ2n) is 7.70. The van der Waals surface area contributed by atoms with E-state index in [1.807, 2.05) is 35.9 Å². The Labute approximate surface area is 162 Å². The van der Waals surface area contributed by atoms with E-state index in [0.29, 0.717) is 24.8 Å². The van der Waals surface area contributed by atoms with Gasteiger partial charge in [0.05, 0.1) is 18.5 Å². The summed E-state index contributed by atoms with van der Waals surface area (Å²) < 4.78 is 7.26. The molecule has 1 aromatic heterocycles. The third-order valence-corrected chi connectivity index (χ3v) is 5.80. The van der Waals surface area contributed by atoms with Crippen LogP contribution in [0.5, 0.6) is 5.75 Å². The fourth-order valence-corrected chi connectivity index (χ4v) is 4.08. The van der Waals surface area contributed by atoms with Crippen LogP contribution in [-0.4, -0.2) is 28.8 Å². The third kappa shape index (κ3) is 4.52. The van der Waals surface area contributed by atoms with Crippen molar-refractivity contribution in [3.63, 3.8) is 0 Å². The zero-order chi connectivity index (χ0) is 19.4. The van der Waals surface area contributed by atoms with Crippen LogP contribution in [0.25, 0.3) is 5.69 Å². The molecule has 1 aliphatic carbocycles. The second kappa shape index (κ2) is 8.59. The Morgan fingerprint density at radius 1 is 1.30 bits per heavy atom. The normalized spacial score (nSPS) is 19.7. The van der Waals surface area contributed by atoms with Gasteiger partial charge in [-0.15, -0.1) is 0 Å². The summed E-state index contributed by atoms with van der Waals surface area (Å²) in [6.07, 6.45) is 6.06. The number of hydrogen-bond donors (Lipinski definition) is 1. The fourth-order valence-electron chi connectivity index (χ4n) is 4.08. The molecule has 2 aromatic rings. The Kier molecular flexibility index (Phi) is 6.19. The van der Waals surface area contributed by atoms with E-state index in [-0.39, 0.29) is 5.91 Å². The topological polar surface area (TPSA) is 56.2 Å². The molecule has 1 aromatic carbocycles. The largest absolute Gasteiger partial charge is 0.497 e. The first-order valence-electron chi connectivity index (χ1n) is 9.98. The molecule has 0 spiro atoms. The van der Waals surface area contributed by atoms with Crippen molar-refractivity contribution in [2.24, 2.45) is 5.92 Å². The van der Waals surface area contributed by atoms with E-state index in [4.69, 9.17) is 9.84 Å². The van der Waals surface area contributed by atoms with Crippen molar-refractivity contribution in [2.45, 2.75) is 65.3 Å². The van der Waals surface area contributed by atoms with Crippen LogP contribution in [0, 0.1) is 19.8 Å². The summed E-state index contributed by atoms with van der Waals surface area (Å²) in [5.41, 5.74) is 4.19. The SMILES string of the molecule is COc1cccc(-n2nc(C)c(CCC(=O)N[C@@H]3CCCC[C@@H]3C)c2C)c1. The smallest absolute Gasteiger partial charge is 0.220 e. The maximum Gasteiger partial charge on any atom is 0.220 e. The molecule has 5 heteroatoms. The summed E-state index contributed by atoms with van der Waals surface area (Å²) in [5, 5.41) is 7.94. The number of hydrogen-bond acceptors (Lipinski definition) is 3. The lowest BCUT2D eigenvalue weighted by Crippen LogP contribution is -2.41. The molecule has 0 unspecified atom stereocenters. The van der Waals surface area contributed by atoms with Gasteiger partial charge in [-0.2, -0.15) is 5.10 Å². The first-order chi connectivity index (χ1) is 13.0. The first-order valence-corrected chi connectivity index (χ1v) is 9.98. The summed E-state index contributed by atoms with van der Waals surface area (Å²) in [5.74, 6) is 1.55. The van der Waals surface area contributed by atoms with Crippen molar-refractivity contribution in [1.29, 1.82) is 0 Å². The molecule has 146 valence electrons. The van der Waals surface area contributed by atoms with Gasteiger partial charge in [0.1, 0.15) is 5.75 Å². The highest BCUT2D eigenvalue weighted by molar-refractivity contribution is 5.76. The summed E-state index contributed by atoms with van der Waals surface area (Å²) in [6, 6.07) is 8.21. The summed E-state index contributed by atoms with van der Waals surface area (Å²) in [7, 11) is 1.66. The van der Waals surface area contributed by atoms with Gasteiger partial charge in [0.25, 0.3) is 0 Å². The number of nitrogens with one attached hydrogen (secondary N) is 1. The van der Waals surface area contributed by atoms with Crippen LogP contribution in [0.2, 0.25) is 0 Å². The van der Waals surface area contributed by atoms with Crippen LogP contribution in [0.15, 0.2) is 24.3 Å².